The molecule has 1 aliphatic rings. The van der Waals surface area contributed by atoms with E-state index in [1.54, 1.807) is 6.07 Å². The molecule has 23 heavy (non-hydrogen) atoms. The van der Waals surface area contributed by atoms with E-state index in [9.17, 15) is 13.2 Å². The van der Waals surface area contributed by atoms with E-state index in [-0.39, 0.29) is 29.4 Å². The first-order valence-corrected chi connectivity index (χ1v) is 9.45. The topological polar surface area (TPSA) is 70.6 Å². The molecule has 0 bridgehead atoms. The van der Waals surface area contributed by atoms with Crippen LogP contribution in [0.2, 0.25) is 0 Å². The first kappa shape index (κ1) is 17.9. The molecule has 1 fully saturated rings. The third-order valence-electron chi connectivity index (χ3n) is 4.26. The summed E-state index contributed by atoms with van der Waals surface area (Å²) in [6.45, 7) is 3.81. The smallest absolute Gasteiger partial charge is 0.244 e. The number of hydrogen-bond acceptors (Lipinski definition) is 4. The predicted molar refractivity (Wildman–Crippen MR) is 88.3 cm³/mol. The second-order valence-corrected chi connectivity index (χ2v) is 8.33. The van der Waals surface area contributed by atoms with Crippen LogP contribution >= 0.6 is 0 Å². The summed E-state index contributed by atoms with van der Waals surface area (Å²) in [4.78, 5) is 18.5. The highest BCUT2D eigenvalue weighted by Crippen LogP contribution is 2.25. The van der Waals surface area contributed by atoms with Crippen LogP contribution in [0.5, 0.6) is 0 Å². The standard InChI is InChI=1S/C16H25N3O3S/c1-13(2)19(14-7-4-5-8-14)16(20)12-18(3)23(21,22)15-9-6-10-17-11-15/h6,9-11,13-14H,4-5,7-8,12H2,1-3H3. The molecule has 128 valence electrons. The minimum atomic E-state index is -3.69. The van der Waals surface area contributed by atoms with Crippen molar-refractivity contribution in [2.75, 3.05) is 13.6 Å². The number of nitrogens with zero attached hydrogens (tertiary/aromatic N) is 3. The molecule has 0 radical (unpaired) electrons. The number of carbonyl (C=O) groups is 1. The lowest BCUT2D eigenvalue weighted by Gasteiger charge is -2.34. The van der Waals surface area contributed by atoms with Gasteiger partial charge in [-0.25, -0.2) is 8.42 Å². The Morgan fingerprint density at radius 3 is 2.52 bits per heavy atom. The first-order chi connectivity index (χ1) is 10.8. The molecular weight excluding hydrogens is 314 g/mol. The molecule has 1 aromatic heterocycles. The van der Waals surface area contributed by atoms with Crippen molar-refractivity contribution in [2.45, 2.75) is 56.5 Å². The molecule has 0 saturated heterocycles. The van der Waals surface area contributed by atoms with Gasteiger partial charge in [-0.15, -0.1) is 0 Å². The van der Waals surface area contributed by atoms with E-state index < -0.39 is 10.0 Å². The van der Waals surface area contributed by atoms with Crippen LogP contribution in [0.4, 0.5) is 0 Å². The van der Waals surface area contributed by atoms with Crippen LogP contribution in [0, 0.1) is 0 Å². The molecule has 1 amide bonds. The molecule has 0 spiro atoms. The highest BCUT2D eigenvalue weighted by Gasteiger charge is 2.31. The summed E-state index contributed by atoms with van der Waals surface area (Å²) in [7, 11) is -2.26. The van der Waals surface area contributed by atoms with Gasteiger partial charge in [-0.2, -0.15) is 4.31 Å². The van der Waals surface area contributed by atoms with Gasteiger partial charge in [0.1, 0.15) is 4.90 Å². The van der Waals surface area contributed by atoms with E-state index in [0.29, 0.717) is 0 Å². The number of rotatable bonds is 6. The Morgan fingerprint density at radius 2 is 2.00 bits per heavy atom. The van der Waals surface area contributed by atoms with Gasteiger partial charge in [-0.3, -0.25) is 9.78 Å². The Bertz CT molecular complexity index is 625. The predicted octanol–water partition coefficient (Wildman–Crippen LogP) is 1.88. The third-order valence-corrected chi connectivity index (χ3v) is 6.05. The van der Waals surface area contributed by atoms with E-state index in [0.717, 1.165) is 30.0 Å². The van der Waals surface area contributed by atoms with Gasteiger partial charge in [0.2, 0.25) is 15.9 Å². The maximum atomic E-state index is 12.7. The molecular formula is C16H25N3O3S. The molecule has 1 heterocycles. The van der Waals surface area contributed by atoms with Crippen LogP contribution in [-0.4, -0.2) is 54.2 Å². The average Bonchev–Trinajstić information content (AvgIpc) is 3.01. The highest BCUT2D eigenvalue weighted by molar-refractivity contribution is 7.89. The lowest BCUT2D eigenvalue weighted by atomic mass is 10.1. The summed E-state index contributed by atoms with van der Waals surface area (Å²) in [6, 6.07) is 3.36. The van der Waals surface area contributed by atoms with Crippen LogP contribution in [0.15, 0.2) is 29.4 Å². The zero-order valence-electron chi connectivity index (χ0n) is 14.0. The van der Waals surface area contributed by atoms with E-state index in [2.05, 4.69) is 4.98 Å². The Labute approximate surface area is 138 Å². The van der Waals surface area contributed by atoms with Gasteiger partial charge in [0.15, 0.2) is 0 Å². The van der Waals surface area contributed by atoms with E-state index in [1.807, 2.05) is 18.7 Å². The monoisotopic (exact) mass is 339 g/mol. The van der Waals surface area contributed by atoms with Crippen LogP contribution in [-0.2, 0) is 14.8 Å². The van der Waals surface area contributed by atoms with Gasteiger partial charge in [0, 0.05) is 31.5 Å². The number of sulfonamides is 1. The fraction of sp³-hybridized carbons (Fsp3) is 0.625. The van der Waals surface area contributed by atoms with E-state index in [1.165, 1.54) is 25.5 Å². The molecule has 2 rings (SSSR count). The second kappa shape index (κ2) is 7.40. The summed E-state index contributed by atoms with van der Waals surface area (Å²) in [5.74, 6) is -0.137. The quantitative estimate of drug-likeness (QED) is 0.793. The van der Waals surface area contributed by atoms with Crippen molar-refractivity contribution in [3.63, 3.8) is 0 Å². The molecule has 0 aromatic carbocycles. The molecule has 1 aromatic rings. The number of carbonyl (C=O) groups excluding carboxylic acids is 1. The van der Waals surface area contributed by atoms with Crippen molar-refractivity contribution in [3.8, 4) is 0 Å². The molecule has 0 N–H and O–H groups in total. The van der Waals surface area contributed by atoms with Gasteiger partial charge >= 0.3 is 0 Å². The van der Waals surface area contributed by atoms with Crippen molar-refractivity contribution in [1.29, 1.82) is 0 Å². The van der Waals surface area contributed by atoms with Gasteiger partial charge < -0.3 is 4.90 Å². The SMILES string of the molecule is CC(C)N(C(=O)CN(C)S(=O)(=O)c1cccnc1)C1CCCC1. The molecule has 0 atom stereocenters. The fourth-order valence-electron chi connectivity index (χ4n) is 3.13. The summed E-state index contributed by atoms with van der Waals surface area (Å²) in [5, 5.41) is 0. The zero-order chi connectivity index (χ0) is 17.0. The average molecular weight is 339 g/mol. The Hall–Kier alpha value is -1.47. The fourth-order valence-corrected chi connectivity index (χ4v) is 4.22. The molecule has 7 heteroatoms. The number of amides is 1. The van der Waals surface area contributed by atoms with Crippen molar-refractivity contribution < 1.29 is 13.2 Å². The number of pyridine rings is 1. The summed E-state index contributed by atoms with van der Waals surface area (Å²) in [5.41, 5.74) is 0. The van der Waals surface area contributed by atoms with Gasteiger partial charge in [-0.1, -0.05) is 12.8 Å². The second-order valence-electron chi connectivity index (χ2n) is 6.28. The number of hydrogen-bond donors (Lipinski definition) is 0. The Balaban J connectivity index is 2.11. The van der Waals surface area contributed by atoms with Crippen LogP contribution < -0.4 is 0 Å². The van der Waals surface area contributed by atoms with E-state index in [4.69, 9.17) is 0 Å². The maximum absolute atomic E-state index is 12.7. The number of likely N-dealkylation sites (N-methyl/N-ethyl adjacent to an activating group) is 1. The van der Waals surface area contributed by atoms with E-state index >= 15 is 0 Å². The third kappa shape index (κ3) is 4.09. The van der Waals surface area contributed by atoms with Gasteiger partial charge in [0.25, 0.3) is 0 Å². The van der Waals surface area contributed by atoms with Crippen molar-refractivity contribution >= 4 is 15.9 Å². The molecule has 1 aliphatic carbocycles. The maximum Gasteiger partial charge on any atom is 0.244 e. The van der Waals surface area contributed by atoms with Crippen molar-refractivity contribution in [3.05, 3.63) is 24.5 Å². The molecule has 1 saturated carbocycles. The summed E-state index contributed by atoms with van der Waals surface area (Å²) in [6.07, 6.45) is 7.08. The van der Waals surface area contributed by atoms with Crippen LogP contribution in [0.25, 0.3) is 0 Å². The largest absolute Gasteiger partial charge is 0.336 e. The normalized spacial score (nSPS) is 16.2. The zero-order valence-corrected chi connectivity index (χ0v) is 14.8. The summed E-state index contributed by atoms with van der Waals surface area (Å²) < 4.78 is 26.1. The Kier molecular flexibility index (Phi) is 5.75. The minimum absolute atomic E-state index is 0.0695. The molecule has 0 unspecified atom stereocenters. The highest BCUT2D eigenvalue weighted by atomic mass is 32.2. The molecule has 6 nitrogen and oxygen atoms in total. The molecule has 0 aliphatic heterocycles. The lowest BCUT2D eigenvalue weighted by Crippen LogP contribution is -2.48. The lowest BCUT2D eigenvalue weighted by molar-refractivity contribution is -0.135. The van der Waals surface area contributed by atoms with Crippen molar-refractivity contribution in [1.82, 2.24) is 14.2 Å². The first-order valence-electron chi connectivity index (χ1n) is 8.01. The van der Waals surface area contributed by atoms with Gasteiger partial charge in [0.05, 0.1) is 6.54 Å². The minimum Gasteiger partial charge on any atom is -0.336 e. The van der Waals surface area contributed by atoms with Crippen LogP contribution in [0.1, 0.15) is 39.5 Å². The number of aromatic nitrogens is 1. The van der Waals surface area contributed by atoms with Gasteiger partial charge in [-0.05, 0) is 38.8 Å². The Morgan fingerprint density at radius 1 is 1.35 bits per heavy atom. The van der Waals surface area contributed by atoms with Crippen molar-refractivity contribution in [2.24, 2.45) is 0 Å². The van der Waals surface area contributed by atoms with Crippen LogP contribution in [0.3, 0.4) is 0 Å². The summed E-state index contributed by atoms with van der Waals surface area (Å²) >= 11 is 0.